The normalized spacial score (nSPS) is 17.6. The summed E-state index contributed by atoms with van der Waals surface area (Å²) in [5, 5.41) is 9.06. The Hall–Kier alpha value is -2.38. The molecule has 2 fully saturated rings. The van der Waals surface area contributed by atoms with Crippen LogP contribution < -0.4 is 9.47 Å². The molecule has 176 valence electrons. The van der Waals surface area contributed by atoms with Crippen LogP contribution in [-0.4, -0.2) is 53.9 Å². The molecule has 0 bridgehead atoms. The van der Waals surface area contributed by atoms with E-state index < -0.39 is 0 Å². The highest BCUT2D eigenvalue weighted by Crippen LogP contribution is 2.41. The molecule has 1 saturated heterocycles. The molecule has 1 N–H and O–H groups in total. The van der Waals surface area contributed by atoms with Crippen molar-refractivity contribution in [3.63, 3.8) is 0 Å². The van der Waals surface area contributed by atoms with E-state index in [0.717, 1.165) is 33.6 Å². The highest BCUT2D eigenvalue weighted by molar-refractivity contribution is 7.15. The fourth-order valence-electron chi connectivity index (χ4n) is 4.94. The summed E-state index contributed by atoms with van der Waals surface area (Å²) in [5.41, 5.74) is 4.20. The Kier molecular flexibility index (Phi) is 6.43. The molecule has 2 aliphatic rings. The molecule has 0 unspecified atom stereocenters. The van der Waals surface area contributed by atoms with E-state index in [2.05, 4.69) is 30.0 Å². The zero-order valence-electron chi connectivity index (χ0n) is 20.1. The number of nitrogens with zero attached hydrogens (tertiary/aromatic N) is 3. The van der Waals surface area contributed by atoms with E-state index in [9.17, 15) is 0 Å². The number of hydrogen-bond donors (Lipinski definition) is 1. The lowest BCUT2D eigenvalue weighted by Gasteiger charge is -2.31. The van der Waals surface area contributed by atoms with Crippen LogP contribution in [0.15, 0.2) is 24.4 Å². The van der Waals surface area contributed by atoms with Crippen molar-refractivity contribution in [1.82, 2.24) is 20.1 Å². The number of aromatic nitrogens is 3. The Balaban J connectivity index is 1.38. The van der Waals surface area contributed by atoms with Crippen LogP contribution in [0.2, 0.25) is 0 Å². The fourth-order valence-corrected chi connectivity index (χ4v) is 6.03. The smallest absolute Gasteiger partial charge is 0.161 e. The molecule has 2 aromatic heterocycles. The summed E-state index contributed by atoms with van der Waals surface area (Å²) in [6, 6.07) is 5.97. The van der Waals surface area contributed by atoms with Gasteiger partial charge < -0.3 is 14.4 Å². The van der Waals surface area contributed by atoms with Gasteiger partial charge in [-0.05, 0) is 74.7 Å². The molecule has 33 heavy (non-hydrogen) atoms. The maximum Gasteiger partial charge on any atom is 0.161 e. The second kappa shape index (κ2) is 9.47. The van der Waals surface area contributed by atoms with Crippen molar-refractivity contribution >= 4 is 11.3 Å². The van der Waals surface area contributed by atoms with E-state index in [1.54, 1.807) is 14.2 Å². The molecule has 5 rings (SSSR count). The first-order valence-corrected chi connectivity index (χ1v) is 12.9. The van der Waals surface area contributed by atoms with Gasteiger partial charge in [-0.15, -0.1) is 11.3 Å². The second-order valence-electron chi connectivity index (χ2n) is 9.67. The average molecular weight is 467 g/mol. The predicted octanol–water partition coefficient (Wildman–Crippen LogP) is 5.93. The lowest BCUT2D eigenvalue weighted by atomic mass is 9.95. The Morgan fingerprint density at radius 2 is 1.85 bits per heavy atom. The Bertz CT molecular complexity index is 1090. The molecule has 0 spiro atoms. The number of nitrogens with one attached hydrogen (secondary N) is 1. The minimum atomic E-state index is 0.305. The van der Waals surface area contributed by atoms with E-state index in [-0.39, 0.29) is 0 Å². The first-order chi connectivity index (χ1) is 16.1. The summed E-state index contributed by atoms with van der Waals surface area (Å²) in [6.07, 6.45) is 7.45. The van der Waals surface area contributed by atoms with Crippen molar-refractivity contribution in [2.24, 2.45) is 5.92 Å². The maximum atomic E-state index is 5.52. The van der Waals surface area contributed by atoms with Crippen LogP contribution in [0.4, 0.5) is 0 Å². The SMILES string of the molecule is COc1ccc(-c2n[nH]c(-c3ncc(C4CCN(CC5CC5)CC4)s3)c2C(C)C)cc1OC. The number of piperidine rings is 1. The topological polar surface area (TPSA) is 63.3 Å². The van der Waals surface area contributed by atoms with Gasteiger partial charge in [0.1, 0.15) is 5.01 Å². The lowest BCUT2D eigenvalue weighted by molar-refractivity contribution is 0.205. The molecule has 6 nitrogen and oxygen atoms in total. The van der Waals surface area contributed by atoms with Gasteiger partial charge in [-0.1, -0.05) is 13.8 Å². The standard InChI is InChI=1S/C26H34N4O2S/c1-16(2)23-24(19-7-8-20(31-3)21(13-19)32-4)28-29-25(23)26-27-14-22(33-26)18-9-11-30(12-10-18)15-17-5-6-17/h7-8,13-14,16-18H,5-6,9-12,15H2,1-4H3,(H,28,29). The van der Waals surface area contributed by atoms with E-state index in [1.807, 2.05) is 29.5 Å². The molecule has 1 aliphatic carbocycles. The van der Waals surface area contributed by atoms with Crippen LogP contribution in [0.3, 0.4) is 0 Å². The number of thiazole rings is 1. The number of hydrogen-bond acceptors (Lipinski definition) is 6. The minimum Gasteiger partial charge on any atom is -0.493 e. The Labute approximate surface area is 200 Å². The molecule has 0 atom stereocenters. The molecular formula is C26H34N4O2S. The number of benzene rings is 1. The van der Waals surface area contributed by atoms with Crippen molar-refractivity contribution in [3.05, 3.63) is 34.8 Å². The summed E-state index contributed by atoms with van der Waals surface area (Å²) < 4.78 is 10.9. The molecule has 3 aromatic rings. The lowest BCUT2D eigenvalue weighted by Crippen LogP contribution is -2.34. The zero-order chi connectivity index (χ0) is 22.9. The highest BCUT2D eigenvalue weighted by Gasteiger charge is 2.29. The number of methoxy groups -OCH3 is 2. The third-order valence-electron chi connectivity index (χ3n) is 6.98. The van der Waals surface area contributed by atoms with Crippen molar-refractivity contribution in [3.8, 4) is 33.5 Å². The van der Waals surface area contributed by atoms with Gasteiger partial charge in [-0.25, -0.2) is 4.98 Å². The first-order valence-electron chi connectivity index (χ1n) is 12.1. The predicted molar refractivity (Wildman–Crippen MR) is 133 cm³/mol. The van der Waals surface area contributed by atoms with Gasteiger partial charge in [0.05, 0.1) is 25.6 Å². The Morgan fingerprint density at radius 3 is 2.52 bits per heavy atom. The van der Waals surface area contributed by atoms with Gasteiger partial charge in [0.15, 0.2) is 11.5 Å². The van der Waals surface area contributed by atoms with Gasteiger partial charge >= 0.3 is 0 Å². The van der Waals surface area contributed by atoms with Crippen LogP contribution >= 0.6 is 11.3 Å². The van der Waals surface area contributed by atoms with Gasteiger partial charge in [0, 0.05) is 28.7 Å². The number of H-pyrrole nitrogens is 1. The summed E-state index contributed by atoms with van der Waals surface area (Å²) in [7, 11) is 3.31. The monoisotopic (exact) mass is 466 g/mol. The van der Waals surface area contributed by atoms with Crippen LogP contribution in [0.25, 0.3) is 22.0 Å². The molecule has 1 aromatic carbocycles. The number of aromatic amines is 1. The largest absolute Gasteiger partial charge is 0.493 e. The van der Waals surface area contributed by atoms with Crippen LogP contribution in [0.1, 0.15) is 61.8 Å². The zero-order valence-corrected chi connectivity index (χ0v) is 20.9. The van der Waals surface area contributed by atoms with Gasteiger partial charge in [-0.3, -0.25) is 5.10 Å². The third kappa shape index (κ3) is 4.66. The van der Waals surface area contributed by atoms with Crippen LogP contribution in [-0.2, 0) is 0 Å². The van der Waals surface area contributed by atoms with Gasteiger partial charge in [-0.2, -0.15) is 5.10 Å². The van der Waals surface area contributed by atoms with E-state index >= 15 is 0 Å². The first kappa shape index (κ1) is 22.4. The number of rotatable bonds is 8. The van der Waals surface area contributed by atoms with E-state index in [0.29, 0.717) is 17.6 Å². The summed E-state index contributed by atoms with van der Waals surface area (Å²) in [6.45, 7) is 8.18. The quantitative estimate of drug-likeness (QED) is 0.446. The molecule has 0 amide bonds. The Morgan fingerprint density at radius 1 is 1.09 bits per heavy atom. The van der Waals surface area contributed by atoms with Crippen molar-refractivity contribution in [2.45, 2.75) is 51.4 Å². The highest BCUT2D eigenvalue weighted by atomic mass is 32.1. The van der Waals surface area contributed by atoms with E-state index in [4.69, 9.17) is 19.6 Å². The second-order valence-corrected chi connectivity index (χ2v) is 10.7. The van der Waals surface area contributed by atoms with Crippen molar-refractivity contribution in [2.75, 3.05) is 33.9 Å². The fraction of sp³-hybridized carbons (Fsp3) is 0.538. The van der Waals surface area contributed by atoms with Crippen molar-refractivity contribution in [1.29, 1.82) is 0 Å². The molecule has 7 heteroatoms. The van der Waals surface area contributed by atoms with Crippen molar-refractivity contribution < 1.29 is 9.47 Å². The summed E-state index contributed by atoms with van der Waals surface area (Å²) in [5.74, 6) is 3.34. The third-order valence-corrected chi connectivity index (χ3v) is 8.16. The van der Waals surface area contributed by atoms with E-state index in [1.165, 1.54) is 55.8 Å². The molecule has 3 heterocycles. The molecular weight excluding hydrogens is 432 g/mol. The van der Waals surface area contributed by atoms with Gasteiger partial charge in [0.25, 0.3) is 0 Å². The number of likely N-dealkylation sites (tertiary alicyclic amines) is 1. The number of ether oxygens (including phenoxy) is 2. The maximum absolute atomic E-state index is 5.52. The molecule has 1 aliphatic heterocycles. The summed E-state index contributed by atoms with van der Waals surface area (Å²) >= 11 is 1.83. The van der Waals surface area contributed by atoms with Gasteiger partial charge in [0.2, 0.25) is 0 Å². The van der Waals surface area contributed by atoms with Crippen LogP contribution in [0.5, 0.6) is 11.5 Å². The minimum absolute atomic E-state index is 0.305. The summed E-state index contributed by atoms with van der Waals surface area (Å²) in [4.78, 5) is 8.91. The molecule has 1 saturated carbocycles. The molecule has 0 radical (unpaired) electrons. The average Bonchev–Trinajstić information content (AvgIpc) is 3.33. The van der Waals surface area contributed by atoms with Crippen LogP contribution in [0, 0.1) is 5.92 Å².